The minimum atomic E-state index is -0.946. The molecule has 0 unspecified atom stereocenters. The van der Waals surface area contributed by atoms with E-state index in [-0.39, 0.29) is 11.3 Å². The fourth-order valence-corrected chi connectivity index (χ4v) is 2.17. The molecule has 0 aliphatic rings. The average molecular weight is 296 g/mol. The first-order chi connectivity index (χ1) is 9.38. The summed E-state index contributed by atoms with van der Waals surface area (Å²) < 4.78 is 13.2. The molecule has 0 saturated carbocycles. The van der Waals surface area contributed by atoms with E-state index in [1.54, 1.807) is 12.3 Å². The summed E-state index contributed by atoms with van der Waals surface area (Å²) in [6.45, 7) is 1.74. The number of nitrogens with one attached hydrogen (secondary N) is 1. The van der Waals surface area contributed by atoms with Gasteiger partial charge in [0.25, 0.3) is 11.6 Å². The molecule has 2 aromatic rings. The van der Waals surface area contributed by atoms with Gasteiger partial charge in [-0.25, -0.2) is 9.37 Å². The smallest absolute Gasteiger partial charge is 0.285 e. The number of hydrogen-bond donors (Lipinski definition) is 2. The Morgan fingerprint density at radius 1 is 1.55 bits per heavy atom. The van der Waals surface area contributed by atoms with E-state index in [1.165, 1.54) is 11.3 Å². The molecule has 9 heteroatoms. The van der Waals surface area contributed by atoms with E-state index >= 15 is 0 Å². The number of nitro benzene ring substituents is 1. The number of carbonyl (C=O) groups excluding carboxylic acids is 1. The normalized spacial score (nSPS) is 10.3. The monoisotopic (exact) mass is 296 g/mol. The summed E-state index contributed by atoms with van der Waals surface area (Å²) in [6.07, 6.45) is 0. The SMILES string of the molecule is Cc1csc(NC(=O)c2cc(N)c(F)cc2[N+](=O)[O-])n1. The first kappa shape index (κ1) is 13.9. The summed E-state index contributed by atoms with van der Waals surface area (Å²) in [7, 11) is 0. The lowest BCUT2D eigenvalue weighted by Gasteiger charge is -2.05. The number of nitrogens with zero attached hydrogens (tertiary/aromatic N) is 2. The molecule has 1 aromatic heterocycles. The van der Waals surface area contributed by atoms with Gasteiger partial charge in [-0.1, -0.05) is 0 Å². The van der Waals surface area contributed by atoms with Gasteiger partial charge in [-0.05, 0) is 13.0 Å². The Balaban J connectivity index is 2.38. The topological polar surface area (TPSA) is 111 Å². The van der Waals surface area contributed by atoms with Crippen LogP contribution in [0.3, 0.4) is 0 Å². The molecular formula is C11H9FN4O3S. The van der Waals surface area contributed by atoms with Crippen LogP contribution >= 0.6 is 11.3 Å². The van der Waals surface area contributed by atoms with Crippen LogP contribution in [0.25, 0.3) is 0 Å². The number of thiazole rings is 1. The Kier molecular flexibility index (Phi) is 3.61. The van der Waals surface area contributed by atoms with E-state index in [0.717, 1.165) is 6.07 Å². The fraction of sp³-hybridized carbons (Fsp3) is 0.0909. The zero-order valence-electron chi connectivity index (χ0n) is 10.2. The van der Waals surface area contributed by atoms with Gasteiger partial charge in [-0.15, -0.1) is 11.3 Å². The molecule has 0 saturated heterocycles. The number of amides is 1. The Labute approximate surface area is 116 Å². The Hall–Kier alpha value is -2.55. The van der Waals surface area contributed by atoms with Gasteiger partial charge in [-0.2, -0.15) is 0 Å². The molecule has 2 rings (SSSR count). The third-order valence-electron chi connectivity index (χ3n) is 2.40. The quantitative estimate of drug-likeness (QED) is 0.513. The highest BCUT2D eigenvalue weighted by Crippen LogP contribution is 2.25. The Morgan fingerprint density at radius 3 is 2.80 bits per heavy atom. The van der Waals surface area contributed by atoms with Gasteiger partial charge in [0.2, 0.25) is 0 Å². The van der Waals surface area contributed by atoms with E-state index < -0.39 is 22.3 Å². The largest absolute Gasteiger partial charge is 0.396 e. The van der Waals surface area contributed by atoms with Crippen molar-refractivity contribution in [1.82, 2.24) is 4.98 Å². The summed E-state index contributed by atoms with van der Waals surface area (Å²) >= 11 is 1.18. The maximum Gasteiger partial charge on any atom is 0.285 e. The van der Waals surface area contributed by atoms with E-state index in [9.17, 15) is 19.3 Å². The van der Waals surface area contributed by atoms with Gasteiger partial charge in [0, 0.05) is 5.38 Å². The fourth-order valence-electron chi connectivity index (χ4n) is 1.49. The van der Waals surface area contributed by atoms with Gasteiger partial charge in [0.15, 0.2) is 10.9 Å². The number of nitrogen functional groups attached to an aromatic ring is 1. The zero-order valence-corrected chi connectivity index (χ0v) is 11.0. The van der Waals surface area contributed by atoms with Crippen LogP contribution in [-0.4, -0.2) is 15.8 Å². The predicted octanol–water partition coefficient (Wildman–Crippen LogP) is 2.33. The molecule has 20 heavy (non-hydrogen) atoms. The minimum Gasteiger partial charge on any atom is -0.396 e. The number of nitro groups is 1. The molecule has 0 radical (unpaired) electrons. The summed E-state index contributed by atoms with van der Waals surface area (Å²) in [5.41, 5.74) is 4.74. The number of nitrogens with two attached hydrogens (primary N) is 1. The molecule has 7 nitrogen and oxygen atoms in total. The third kappa shape index (κ3) is 2.72. The molecule has 1 aromatic carbocycles. The number of hydrogen-bond acceptors (Lipinski definition) is 6. The zero-order chi connectivity index (χ0) is 14.9. The second-order valence-corrected chi connectivity index (χ2v) is 4.75. The number of benzene rings is 1. The maximum atomic E-state index is 13.2. The number of rotatable bonds is 3. The second-order valence-electron chi connectivity index (χ2n) is 3.90. The van der Waals surface area contributed by atoms with Crippen molar-refractivity contribution < 1.29 is 14.1 Å². The molecule has 0 aliphatic carbocycles. The van der Waals surface area contributed by atoms with Crippen LogP contribution in [0.2, 0.25) is 0 Å². The Bertz CT molecular complexity index is 701. The summed E-state index contributed by atoms with van der Waals surface area (Å²) in [4.78, 5) is 26.0. The van der Waals surface area contributed by atoms with Crippen molar-refractivity contribution in [2.24, 2.45) is 0 Å². The first-order valence-corrected chi connectivity index (χ1v) is 6.23. The van der Waals surface area contributed by atoms with Crippen molar-refractivity contribution in [1.29, 1.82) is 0 Å². The van der Waals surface area contributed by atoms with Crippen molar-refractivity contribution >= 4 is 33.8 Å². The van der Waals surface area contributed by atoms with Crippen LogP contribution in [0.1, 0.15) is 16.1 Å². The molecule has 0 aliphatic heterocycles. The number of halogens is 1. The second kappa shape index (κ2) is 5.21. The number of anilines is 2. The lowest BCUT2D eigenvalue weighted by atomic mass is 10.1. The molecule has 104 valence electrons. The molecule has 1 amide bonds. The third-order valence-corrected chi connectivity index (χ3v) is 3.27. The van der Waals surface area contributed by atoms with Crippen LogP contribution < -0.4 is 11.1 Å². The lowest BCUT2D eigenvalue weighted by molar-refractivity contribution is -0.385. The maximum absolute atomic E-state index is 13.2. The molecule has 0 bridgehead atoms. The number of aromatic nitrogens is 1. The van der Waals surface area contributed by atoms with Crippen molar-refractivity contribution in [3.63, 3.8) is 0 Å². The molecule has 1 heterocycles. The summed E-state index contributed by atoms with van der Waals surface area (Å²) in [6, 6.07) is 1.56. The van der Waals surface area contributed by atoms with Crippen molar-refractivity contribution in [3.05, 3.63) is 44.7 Å². The molecule has 0 spiro atoms. The van der Waals surface area contributed by atoms with Crippen molar-refractivity contribution in [3.8, 4) is 0 Å². The van der Waals surface area contributed by atoms with Crippen LogP contribution in [0.5, 0.6) is 0 Å². The van der Waals surface area contributed by atoms with E-state index in [1.807, 2.05) is 0 Å². The van der Waals surface area contributed by atoms with Crippen LogP contribution in [0.15, 0.2) is 17.5 Å². The highest BCUT2D eigenvalue weighted by molar-refractivity contribution is 7.13. The van der Waals surface area contributed by atoms with E-state index in [0.29, 0.717) is 16.9 Å². The highest BCUT2D eigenvalue weighted by atomic mass is 32.1. The molecule has 0 fully saturated rings. The van der Waals surface area contributed by atoms with Gasteiger partial charge in [0.1, 0.15) is 5.56 Å². The number of aryl methyl sites for hydroxylation is 1. The highest BCUT2D eigenvalue weighted by Gasteiger charge is 2.23. The molecule has 0 atom stereocenters. The lowest BCUT2D eigenvalue weighted by Crippen LogP contribution is -2.15. The average Bonchev–Trinajstić information content (AvgIpc) is 2.77. The predicted molar refractivity (Wildman–Crippen MR) is 72.3 cm³/mol. The van der Waals surface area contributed by atoms with Gasteiger partial charge >= 0.3 is 0 Å². The standard InChI is InChI=1S/C11H9FN4O3S/c1-5-4-20-11(14-5)15-10(17)6-2-8(13)7(12)3-9(6)16(18)19/h2-4H,13H2,1H3,(H,14,15,17). The summed E-state index contributed by atoms with van der Waals surface area (Å²) in [5.74, 6) is -1.71. The van der Waals surface area contributed by atoms with E-state index in [2.05, 4.69) is 10.3 Å². The van der Waals surface area contributed by atoms with Crippen molar-refractivity contribution in [2.45, 2.75) is 6.92 Å². The first-order valence-electron chi connectivity index (χ1n) is 5.35. The van der Waals surface area contributed by atoms with Crippen molar-refractivity contribution in [2.75, 3.05) is 11.1 Å². The summed E-state index contributed by atoms with van der Waals surface area (Å²) in [5, 5.41) is 15.3. The van der Waals surface area contributed by atoms with Crippen LogP contribution in [-0.2, 0) is 0 Å². The minimum absolute atomic E-state index is 0.296. The molecule has 3 N–H and O–H groups in total. The number of carbonyl (C=O) groups is 1. The van der Waals surface area contributed by atoms with Gasteiger partial charge < -0.3 is 5.73 Å². The van der Waals surface area contributed by atoms with Crippen LogP contribution in [0.4, 0.5) is 20.9 Å². The Morgan fingerprint density at radius 2 is 2.25 bits per heavy atom. The van der Waals surface area contributed by atoms with Gasteiger partial charge in [0.05, 0.1) is 22.4 Å². The molecular weight excluding hydrogens is 287 g/mol. The van der Waals surface area contributed by atoms with E-state index in [4.69, 9.17) is 5.73 Å². The van der Waals surface area contributed by atoms with Gasteiger partial charge in [-0.3, -0.25) is 20.2 Å². The van der Waals surface area contributed by atoms with Crippen LogP contribution in [0, 0.1) is 22.9 Å².